The number of anilines is 1. The fourth-order valence-electron chi connectivity index (χ4n) is 7.09. The zero-order valence-corrected chi connectivity index (χ0v) is 37.8. The van der Waals surface area contributed by atoms with Crippen molar-refractivity contribution < 1.29 is 57.1 Å². The highest BCUT2D eigenvalue weighted by Gasteiger charge is 2.63. The summed E-state index contributed by atoms with van der Waals surface area (Å²) >= 11 is 6.39. The number of halogens is 1. The van der Waals surface area contributed by atoms with Crippen LogP contribution in [-0.4, -0.2) is 110 Å². The lowest BCUT2D eigenvalue weighted by atomic mass is 9.90. The Labute approximate surface area is 374 Å². The number of imidazole rings is 1. The van der Waals surface area contributed by atoms with Crippen LogP contribution < -0.4 is 10.5 Å². The fraction of sp³-hybridized carbons (Fsp3) is 0.477. The van der Waals surface area contributed by atoms with Gasteiger partial charge in [-0.05, 0) is 75.9 Å². The van der Waals surface area contributed by atoms with Crippen molar-refractivity contribution in [2.24, 2.45) is 0 Å². The van der Waals surface area contributed by atoms with Gasteiger partial charge < -0.3 is 37.7 Å². The number of esters is 4. The molecule has 1 aromatic carbocycles. The predicted molar refractivity (Wildman–Crippen MR) is 230 cm³/mol. The van der Waals surface area contributed by atoms with E-state index in [0.717, 1.165) is 25.2 Å². The molecule has 0 radical (unpaired) electrons. The number of fused-ring (bicyclic) bond motifs is 1. The third-order valence-electron chi connectivity index (χ3n) is 9.82. The predicted octanol–water partition coefficient (Wildman–Crippen LogP) is 4.98. The largest absolute Gasteiger partial charge is 0.463 e. The highest BCUT2D eigenvalue weighted by molar-refractivity contribution is 6.28. The number of amides is 1. The average molecular weight is 907 g/mol. The van der Waals surface area contributed by atoms with E-state index in [1.807, 2.05) is 6.92 Å². The van der Waals surface area contributed by atoms with Gasteiger partial charge in [0.05, 0.1) is 26.1 Å². The van der Waals surface area contributed by atoms with Crippen molar-refractivity contribution in [3.63, 3.8) is 0 Å². The molecule has 1 saturated heterocycles. The van der Waals surface area contributed by atoms with E-state index in [4.69, 9.17) is 51.2 Å². The highest BCUT2D eigenvalue weighted by atomic mass is 35.5. The van der Waals surface area contributed by atoms with Gasteiger partial charge in [0.2, 0.25) is 17.0 Å². The van der Waals surface area contributed by atoms with Gasteiger partial charge >= 0.3 is 30.0 Å². The maximum atomic E-state index is 14.1. The van der Waals surface area contributed by atoms with Crippen LogP contribution in [0.25, 0.3) is 22.3 Å². The van der Waals surface area contributed by atoms with E-state index in [0.29, 0.717) is 23.2 Å². The molecular formula is C44H51ClN6O13. The summed E-state index contributed by atoms with van der Waals surface area (Å²) in [4.78, 5) is 94.2. The van der Waals surface area contributed by atoms with Gasteiger partial charge in [-0.25, -0.2) is 19.4 Å². The minimum absolute atomic E-state index is 0.0231. The number of benzene rings is 1. The molecule has 4 heterocycles. The van der Waals surface area contributed by atoms with Gasteiger partial charge in [0.25, 0.3) is 11.2 Å². The summed E-state index contributed by atoms with van der Waals surface area (Å²) in [5, 5.41) is -0.330. The number of hydrogen-bond donors (Lipinski definition) is 0. The second-order valence-electron chi connectivity index (χ2n) is 15.6. The van der Waals surface area contributed by atoms with Crippen LogP contribution >= 0.6 is 11.6 Å². The first kappa shape index (κ1) is 48.7. The van der Waals surface area contributed by atoms with Crippen molar-refractivity contribution in [2.75, 3.05) is 31.8 Å². The van der Waals surface area contributed by atoms with E-state index >= 15 is 0 Å². The van der Waals surface area contributed by atoms with E-state index in [1.54, 1.807) is 67.9 Å². The molecule has 1 amide bonds. The summed E-state index contributed by atoms with van der Waals surface area (Å²) in [6, 6.07) is 10.1. The molecule has 3 aromatic heterocycles. The summed E-state index contributed by atoms with van der Waals surface area (Å²) in [5.74, 6) is -1.69. The quantitative estimate of drug-likeness (QED) is 0.0476. The number of aryl methyl sites for hydroxylation is 1. The van der Waals surface area contributed by atoms with Crippen LogP contribution in [-0.2, 0) is 65.3 Å². The Morgan fingerprint density at radius 2 is 1.64 bits per heavy atom. The third-order valence-corrected chi connectivity index (χ3v) is 9.99. The Morgan fingerprint density at radius 3 is 2.20 bits per heavy atom. The molecule has 1 fully saturated rings. The number of nitrogens with zero attached hydrogens (tertiary/aromatic N) is 6. The Hall–Kier alpha value is -6.36. The number of carbonyl (C=O) groups excluding carboxylic acids is 5. The fourth-order valence-corrected chi connectivity index (χ4v) is 7.25. The van der Waals surface area contributed by atoms with Crippen molar-refractivity contribution in [3.8, 4) is 23.5 Å². The summed E-state index contributed by atoms with van der Waals surface area (Å²) in [7, 11) is 1.39. The lowest BCUT2D eigenvalue weighted by molar-refractivity contribution is -0.200. The maximum Gasteiger partial charge on any atom is 0.415 e. The summed E-state index contributed by atoms with van der Waals surface area (Å²) in [5.41, 5.74) is -4.47. The second-order valence-corrected chi connectivity index (χ2v) is 16.0. The van der Waals surface area contributed by atoms with E-state index in [1.165, 1.54) is 31.8 Å². The molecule has 20 heteroatoms. The second kappa shape index (κ2) is 20.0. The maximum absolute atomic E-state index is 14.1. The van der Waals surface area contributed by atoms with Gasteiger partial charge in [-0.2, -0.15) is 9.97 Å². The molecule has 4 atom stereocenters. The van der Waals surface area contributed by atoms with E-state index < -0.39 is 78.2 Å². The van der Waals surface area contributed by atoms with Crippen molar-refractivity contribution in [2.45, 2.75) is 110 Å². The Kier molecular flexibility index (Phi) is 15.2. The van der Waals surface area contributed by atoms with Crippen molar-refractivity contribution in [3.05, 3.63) is 70.1 Å². The highest BCUT2D eigenvalue weighted by Crippen LogP contribution is 2.44. The number of aromatic nitrogens is 5. The number of ether oxygens (including phenoxy) is 7. The molecule has 0 aliphatic carbocycles. The number of pyridine rings is 1. The van der Waals surface area contributed by atoms with Crippen LogP contribution in [0.4, 0.5) is 10.6 Å². The van der Waals surface area contributed by atoms with E-state index in [2.05, 4.69) is 20.9 Å². The Balaban J connectivity index is 1.60. The standard InChI is InChI=1S/C44H51ClN6O13/c1-11-21-50-22-15-16-30(36(50)54)29-19-17-28(18-20-29)23-44(38(55)58-13-3,39(56)59-14-4)60-24-31-43(12-2,63-27(6)53)33(61-26(5)52)37(62-31)51-25-46-32-34(47-40(45)48-35(32)51)49(10)41(57)64-42(7,8)9/h2,15-20,22,25,31,33,37H,11,13-14,21,23-24H2,1,3-10H3/t31-,33+,37-,43-/m1/s1. The monoisotopic (exact) mass is 906 g/mol. The zero-order valence-electron chi connectivity index (χ0n) is 37.0. The topological polar surface area (TPSA) is 219 Å². The van der Waals surface area contributed by atoms with Gasteiger partial charge in [-0.1, -0.05) is 37.1 Å². The molecule has 0 saturated carbocycles. The third kappa shape index (κ3) is 10.2. The zero-order chi connectivity index (χ0) is 47.1. The van der Waals surface area contributed by atoms with Crippen molar-refractivity contribution in [1.29, 1.82) is 0 Å². The molecule has 1 aliphatic heterocycles. The molecule has 0 N–H and O–H groups in total. The molecule has 19 nitrogen and oxygen atoms in total. The lowest BCUT2D eigenvalue weighted by Gasteiger charge is -2.35. The first-order valence-electron chi connectivity index (χ1n) is 20.4. The summed E-state index contributed by atoms with van der Waals surface area (Å²) in [6.45, 7) is 11.7. The minimum atomic E-state index is -2.52. The number of terminal acetylenes is 1. The van der Waals surface area contributed by atoms with Crippen LogP contribution in [0.15, 0.2) is 53.7 Å². The van der Waals surface area contributed by atoms with Gasteiger partial charge in [0.1, 0.15) is 11.7 Å². The molecule has 5 rings (SSSR count). The van der Waals surface area contributed by atoms with Gasteiger partial charge in [-0.15, -0.1) is 6.42 Å². The Bertz CT molecular complexity index is 2470. The van der Waals surface area contributed by atoms with E-state index in [-0.39, 0.29) is 41.0 Å². The number of rotatable bonds is 16. The number of carbonyl (C=O) groups is 5. The van der Waals surface area contributed by atoms with Gasteiger partial charge in [0.15, 0.2) is 23.2 Å². The first-order valence-corrected chi connectivity index (χ1v) is 20.8. The van der Waals surface area contributed by atoms with Crippen LogP contribution in [0, 0.1) is 12.3 Å². The van der Waals surface area contributed by atoms with Crippen LogP contribution in [0.1, 0.15) is 73.6 Å². The average Bonchev–Trinajstić information content (AvgIpc) is 3.77. The molecule has 0 unspecified atom stereocenters. The summed E-state index contributed by atoms with van der Waals surface area (Å²) < 4.78 is 43.6. The van der Waals surface area contributed by atoms with Gasteiger partial charge in [-0.3, -0.25) is 23.9 Å². The van der Waals surface area contributed by atoms with Crippen molar-refractivity contribution >= 4 is 58.6 Å². The lowest BCUT2D eigenvalue weighted by Crippen LogP contribution is -2.57. The first-order chi connectivity index (χ1) is 30.2. The molecule has 64 heavy (non-hydrogen) atoms. The Morgan fingerprint density at radius 1 is 0.984 bits per heavy atom. The molecule has 1 aliphatic rings. The molecule has 0 spiro atoms. The molecule has 342 valence electrons. The minimum Gasteiger partial charge on any atom is -0.463 e. The molecule has 0 bridgehead atoms. The normalized spacial score (nSPS) is 18.5. The summed E-state index contributed by atoms with van der Waals surface area (Å²) in [6.07, 6.45) is 3.81. The number of hydrogen-bond acceptors (Lipinski definition) is 16. The van der Waals surface area contributed by atoms with Crippen LogP contribution in [0.5, 0.6) is 0 Å². The molecular weight excluding hydrogens is 856 g/mol. The van der Waals surface area contributed by atoms with Gasteiger partial charge in [0, 0.05) is 45.6 Å². The molecule has 4 aromatic rings. The van der Waals surface area contributed by atoms with Crippen LogP contribution in [0.2, 0.25) is 5.28 Å². The van der Waals surface area contributed by atoms with Crippen LogP contribution in [0.3, 0.4) is 0 Å². The SMILES string of the molecule is C#C[C@@]1(OC(C)=O)[C@@H](COC(Cc2ccc(-c3cccn(CCC)c3=O)cc2)(C(=O)OCC)C(=O)OCC)O[C@@H](n2cnc3c(N(C)C(=O)OC(C)(C)C)nc(Cl)nc32)[C@@H]1OC(C)=O. The smallest absolute Gasteiger partial charge is 0.415 e. The van der Waals surface area contributed by atoms with Crippen molar-refractivity contribution in [1.82, 2.24) is 24.1 Å². The van der Waals surface area contributed by atoms with E-state index in [9.17, 15) is 28.8 Å².